The van der Waals surface area contributed by atoms with Gasteiger partial charge >= 0.3 is 22.5 Å². The smallest absolute Gasteiger partial charge is 0.357 e. The molecule has 0 unspecified atom stereocenters. The maximum absolute atomic E-state index is 13.7. The van der Waals surface area contributed by atoms with Crippen LogP contribution in [0.5, 0.6) is 0 Å². The molecule has 8 heterocycles. The number of benzene rings is 7. The second-order valence-corrected chi connectivity index (χ2v) is 31.0. The Morgan fingerprint density at radius 2 is 0.857 bits per heavy atom. The Labute approximate surface area is 670 Å². The highest BCUT2D eigenvalue weighted by molar-refractivity contribution is 7.91. The number of amides is 3. The summed E-state index contributed by atoms with van der Waals surface area (Å²) < 4.78 is 58.3. The van der Waals surface area contributed by atoms with Crippen molar-refractivity contribution in [3.8, 4) is 0 Å². The number of halogens is 6. The number of hydrogen-bond donors (Lipinski definition) is 0. The molecule has 0 saturated carbocycles. The number of thiophene rings is 2. The van der Waals surface area contributed by atoms with Crippen molar-refractivity contribution in [1.29, 1.82) is 0 Å². The van der Waals surface area contributed by atoms with Crippen LogP contribution in [-0.4, -0.2) is 143 Å². The highest BCUT2D eigenvalue weighted by Crippen LogP contribution is 2.40. The number of pyridine rings is 3. The molecule has 5 aromatic heterocycles. The lowest BCUT2D eigenvalue weighted by Crippen LogP contribution is -2.49. The Hall–Kier alpha value is -10.9. The number of carbonyl (C=O) groups excluding carboxylic acids is 3. The van der Waals surface area contributed by atoms with Crippen LogP contribution < -0.4 is 31.4 Å². The van der Waals surface area contributed by atoms with Crippen molar-refractivity contribution in [3.63, 3.8) is 0 Å². The summed E-state index contributed by atoms with van der Waals surface area (Å²) in [5, 5.41) is 31.1. The molecule has 3 amide bonds. The minimum absolute atomic E-state index is 0. The third kappa shape index (κ3) is 17.3. The van der Waals surface area contributed by atoms with Gasteiger partial charge in [0.1, 0.15) is 23.0 Å². The lowest BCUT2D eigenvalue weighted by Gasteiger charge is -2.37. The lowest BCUT2D eigenvalue weighted by atomic mass is 10.1. The zero-order valence-corrected chi connectivity index (χ0v) is 63.2. The molecule has 0 spiro atoms. The predicted octanol–water partition coefficient (Wildman–Crippen LogP) is 16.1. The number of hydrogen-bond acceptors (Lipinski definition) is 17. The number of sulfone groups is 1. The summed E-state index contributed by atoms with van der Waals surface area (Å²) in [5.41, 5.74) is 0.701. The number of piperazine rings is 3. The van der Waals surface area contributed by atoms with Gasteiger partial charge in [0.25, 0.3) is 23.3 Å². The van der Waals surface area contributed by atoms with Gasteiger partial charge in [-0.15, -0.1) is 22.7 Å². The van der Waals surface area contributed by atoms with Gasteiger partial charge in [0, 0.05) is 117 Å². The van der Waals surface area contributed by atoms with Gasteiger partial charge in [0.15, 0.2) is 4.90 Å². The molecule has 12 aromatic rings. The van der Waals surface area contributed by atoms with Crippen molar-refractivity contribution >= 4 is 158 Å². The number of aryl methyl sites for hydroxylation is 1. The van der Waals surface area contributed by atoms with E-state index in [2.05, 4.69) is 0 Å². The summed E-state index contributed by atoms with van der Waals surface area (Å²) in [5.74, 6) is -1.20. The van der Waals surface area contributed by atoms with Crippen LogP contribution >= 0.6 is 69.1 Å². The second-order valence-electron chi connectivity index (χ2n) is 25.6. The van der Waals surface area contributed by atoms with Crippen LogP contribution in [0.2, 0.25) is 20.1 Å². The van der Waals surface area contributed by atoms with Gasteiger partial charge in [0.2, 0.25) is 9.84 Å². The van der Waals surface area contributed by atoms with Crippen molar-refractivity contribution in [3.05, 3.63) is 302 Å². The van der Waals surface area contributed by atoms with E-state index in [0.717, 1.165) is 0 Å². The monoisotopic (exact) mass is 1660 g/mol. The zero-order chi connectivity index (χ0) is 77.1. The largest absolute Gasteiger partial charge is 0.366 e. The summed E-state index contributed by atoms with van der Waals surface area (Å²) >= 11 is 27.4. The number of anilines is 3. The van der Waals surface area contributed by atoms with E-state index in [1.807, 2.05) is 52.1 Å². The van der Waals surface area contributed by atoms with Crippen molar-refractivity contribution in [2.75, 3.05) is 93.2 Å². The van der Waals surface area contributed by atoms with E-state index in [4.69, 9.17) is 46.4 Å². The van der Waals surface area contributed by atoms with Gasteiger partial charge in [-0.3, -0.25) is 58.1 Å². The highest BCUT2D eigenvalue weighted by Gasteiger charge is 2.37. The molecule has 23 nitrogen and oxygen atoms in total. The first-order chi connectivity index (χ1) is 52.4. The number of nitrogens with zero attached hydrogens (tertiary/aromatic N) is 11. The molecule has 15 rings (SSSR count). The van der Waals surface area contributed by atoms with Gasteiger partial charge in [-0.1, -0.05) is 141 Å². The first-order valence-electron chi connectivity index (χ1n) is 33.9. The molecular weight excluding hydrogens is 1580 g/mol. The van der Waals surface area contributed by atoms with E-state index in [-0.39, 0.29) is 105 Å². The molecule has 32 heteroatoms. The van der Waals surface area contributed by atoms with Gasteiger partial charge in [-0.05, 0) is 131 Å². The molecule has 3 saturated heterocycles. The maximum atomic E-state index is 13.7. The molecule has 0 atom stereocenters. The fourth-order valence-corrected chi connectivity index (χ4v) is 17.3. The SMILES string of the molecule is C.C.C.Cn1c(=O)c(S(=O)(=O)c2ccccc2)c(N2CCN(C(=O)c3cccs3)CC2)c2ccccc21.O=C(c1ccc(Cl)c(Cl)c1)N1CCN(c2c([N+](=O)[O-])c(=O)n(Cc3ccc(F)cc3)c3ccc(Cl)cc23)CC1.O=C(c1cccs1)N1CCN(c2c([N+](=O)[O-])c(=O)n(Cc3ccc(F)cc3)c3ccc(Cl)cc23)CC1. The van der Waals surface area contributed by atoms with Gasteiger partial charge in [-0.2, -0.15) is 0 Å². The first-order valence-corrected chi connectivity index (χ1v) is 38.7. The van der Waals surface area contributed by atoms with Crippen LogP contribution in [0.15, 0.2) is 217 Å². The second kappa shape index (κ2) is 35.7. The summed E-state index contributed by atoms with van der Waals surface area (Å²) in [6, 6.07) is 48.2. The van der Waals surface area contributed by atoms with Gasteiger partial charge in [-0.25, -0.2) is 17.2 Å². The average molecular weight is 1660 g/mol. The maximum Gasteiger partial charge on any atom is 0.357 e. The topological polar surface area (TPSA) is 257 Å². The quantitative estimate of drug-likeness (QED) is 0.0724. The van der Waals surface area contributed by atoms with Crippen LogP contribution in [0.25, 0.3) is 32.7 Å². The van der Waals surface area contributed by atoms with E-state index in [1.54, 1.807) is 110 Å². The molecule has 0 bridgehead atoms. The van der Waals surface area contributed by atoms with Crippen LogP contribution in [0.3, 0.4) is 0 Å². The highest BCUT2D eigenvalue weighted by atomic mass is 35.5. The van der Waals surface area contributed by atoms with E-state index in [9.17, 15) is 66.2 Å². The van der Waals surface area contributed by atoms with E-state index in [1.165, 1.54) is 103 Å². The number of fused-ring (bicyclic) bond motifs is 3. The molecule has 0 radical (unpaired) electrons. The normalized spacial score (nSPS) is 13.6. The van der Waals surface area contributed by atoms with Crippen LogP contribution in [0.4, 0.5) is 37.2 Å². The minimum atomic E-state index is -4.08. The van der Waals surface area contributed by atoms with Crippen molar-refractivity contribution in [2.45, 2.75) is 45.2 Å². The number of para-hydroxylation sites is 1. The number of aromatic nitrogens is 3. The first kappa shape index (κ1) is 83.6. The van der Waals surface area contributed by atoms with Crippen LogP contribution in [0, 0.1) is 31.9 Å². The van der Waals surface area contributed by atoms with E-state index < -0.39 is 59.4 Å². The Balaban J connectivity index is 0.000000176. The molecule has 3 fully saturated rings. The fourth-order valence-electron chi connectivity index (χ4n) is 13.7. The van der Waals surface area contributed by atoms with E-state index in [0.29, 0.717) is 132 Å². The van der Waals surface area contributed by atoms with Crippen molar-refractivity contribution in [1.82, 2.24) is 28.4 Å². The van der Waals surface area contributed by atoms with Crippen molar-refractivity contribution in [2.24, 2.45) is 7.05 Å². The summed E-state index contributed by atoms with van der Waals surface area (Å²) in [4.78, 5) is 114. The Kier molecular flexibility index (Phi) is 26.6. The Morgan fingerprint density at radius 3 is 1.27 bits per heavy atom. The molecule has 3 aliphatic rings. The molecule has 0 aliphatic carbocycles. The summed E-state index contributed by atoms with van der Waals surface area (Å²) in [6.07, 6.45) is 0. The van der Waals surface area contributed by atoms with E-state index >= 15 is 0 Å². The number of rotatable bonds is 14. The third-order valence-corrected chi connectivity index (χ3v) is 23.8. The van der Waals surface area contributed by atoms with Gasteiger partial charge in [0.05, 0.1) is 69.9 Å². The fraction of sp³-hybridized carbons (Fsp3) is 0.225. The standard InChI is InChI=1S/C27H20Cl3FN4O4.C25H20ClFN4O4S.C25H23N3O4S2.3CH4/c28-18-4-8-23-20(14-18)24(25(35(38)39)27(37)34(23)15-16-1-5-19(31)6-2-16)32-9-11-33(12-10-32)26(36)17-3-7-21(29)22(30)13-17;26-17-5-8-20-19(14-17)22(28-9-11-29(12-10-28)24(32)21-2-1-13-36-21)23(31(34)35)25(33)30(20)15-16-3-6-18(27)7-4-16;1-26-20-11-6-5-10-19(20)22(23(25(26)30)34(31,32)18-8-3-2-4-9-18)27-13-15-28(16-14-27)24(29)21-12-7-17-33-21;;;/h1-8,13-14H,9-12,15H2;1-8,13-14H,9-12,15H2;2-12,17H,13-16H2,1H3;3*1H4. The molecule has 0 N–H and O–H groups in total. The zero-order valence-electron chi connectivity index (χ0n) is 57.7. The third-order valence-electron chi connectivity index (χ3n) is 19.1. The molecular formula is C80H75Cl4F2N11O12S3. The summed E-state index contributed by atoms with van der Waals surface area (Å²) in [7, 11) is -2.49. The van der Waals surface area contributed by atoms with Crippen LogP contribution in [-0.2, 0) is 30.0 Å². The molecule has 3 aliphatic heterocycles. The number of carbonyl (C=O) groups is 3. The molecule has 7 aromatic carbocycles. The van der Waals surface area contributed by atoms with Gasteiger partial charge < -0.3 is 34.0 Å². The predicted molar refractivity (Wildman–Crippen MR) is 441 cm³/mol. The molecule has 582 valence electrons. The van der Waals surface area contributed by atoms with Crippen LogP contribution in [0.1, 0.15) is 63.1 Å². The molecule has 112 heavy (non-hydrogen) atoms. The lowest BCUT2D eigenvalue weighted by molar-refractivity contribution is -0.385. The Morgan fingerprint density at radius 1 is 0.446 bits per heavy atom. The summed E-state index contributed by atoms with van der Waals surface area (Å²) in [6.45, 7) is 4.12. The number of nitro groups is 2. The van der Waals surface area contributed by atoms with Crippen molar-refractivity contribution < 1.29 is 41.4 Å². The minimum Gasteiger partial charge on any atom is -0.366 e. The Bertz CT molecular complexity index is 5840. The average Bonchev–Trinajstić information content (AvgIpc) is 0.757.